The van der Waals surface area contributed by atoms with Crippen molar-refractivity contribution in [3.63, 3.8) is 0 Å². The summed E-state index contributed by atoms with van der Waals surface area (Å²) in [6, 6.07) is 15.3. The van der Waals surface area contributed by atoms with E-state index in [0.717, 1.165) is 19.3 Å². The molecule has 82 valence electrons. The molecule has 17 heavy (non-hydrogen) atoms. The average Bonchev–Trinajstić information content (AvgIpc) is 2.75. The lowest BCUT2D eigenvalue weighted by Gasteiger charge is -2.08. The Morgan fingerprint density at radius 1 is 1.00 bits per heavy atom. The zero-order valence-electron chi connectivity index (χ0n) is 9.74. The van der Waals surface area contributed by atoms with Crippen LogP contribution < -0.4 is 0 Å². The molecule has 0 fully saturated rings. The van der Waals surface area contributed by atoms with E-state index in [1.165, 1.54) is 27.8 Å². The second kappa shape index (κ2) is 4.11. The molecule has 0 heteroatoms. The van der Waals surface area contributed by atoms with E-state index < -0.39 is 0 Å². The van der Waals surface area contributed by atoms with Gasteiger partial charge in [-0.1, -0.05) is 42.5 Å². The highest BCUT2D eigenvalue weighted by Crippen LogP contribution is 2.38. The topological polar surface area (TPSA) is 0 Å². The zero-order valence-corrected chi connectivity index (χ0v) is 9.74. The number of hydrogen-bond donors (Lipinski definition) is 0. The Labute approximate surface area is 102 Å². The molecule has 0 amide bonds. The molecule has 0 radical (unpaired) electrons. The van der Waals surface area contributed by atoms with E-state index in [9.17, 15) is 0 Å². The predicted molar refractivity (Wildman–Crippen MR) is 71.8 cm³/mol. The number of terminal acetylenes is 1. The largest absolute Gasteiger partial charge is 0.120 e. The van der Waals surface area contributed by atoms with Crippen molar-refractivity contribution in [3.8, 4) is 23.5 Å². The maximum Gasteiger partial charge on any atom is 0.0127 e. The lowest BCUT2D eigenvalue weighted by molar-refractivity contribution is 1.03. The lowest BCUT2D eigenvalue weighted by Crippen LogP contribution is -1.90. The van der Waals surface area contributed by atoms with Gasteiger partial charge in [0, 0.05) is 6.42 Å². The van der Waals surface area contributed by atoms with E-state index in [0.29, 0.717) is 0 Å². The summed E-state index contributed by atoms with van der Waals surface area (Å²) in [5.41, 5.74) is 7.11. The molecule has 3 rings (SSSR count). The second-order valence-electron chi connectivity index (χ2n) is 4.49. The maximum absolute atomic E-state index is 5.37. The third-order valence-corrected chi connectivity index (χ3v) is 3.44. The van der Waals surface area contributed by atoms with Crippen LogP contribution in [0, 0.1) is 12.3 Å². The Morgan fingerprint density at radius 2 is 1.82 bits per heavy atom. The standard InChI is InChI=1S/C17H14/c1-2-3-7-13-9-6-10-15-12-14-8-4-5-11-16(14)17(13)15/h1,4-6,8-11H,3,7,12H2. The summed E-state index contributed by atoms with van der Waals surface area (Å²) in [6.45, 7) is 0. The van der Waals surface area contributed by atoms with Gasteiger partial charge >= 0.3 is 0 Å². The molecular weight excluding hydrogens is 204 g/mol. The van der Waals surface area contributed by atoms with Crippen molar-refractivity contribution in [2.45, 2.75) is 19.3 Å². The van der Waals surface area contributed by atoms with Crippen LogP contribution in [-0.2, 0) is 12.8 Å². The first-order valence-electron chi connectivity index (χ1n) is 6.02. The molecule has 2 aromatic rings. The molecule has 0 heterocycles. The van der Waals surface area contributed by atoms with Crippen LogP contribution in [0.2, 0.25) is 0 Å². The first kappa shape index (κ1) is 10.2. The molecule has 2 aromatic carbocycles. The minimum Gasteiger partial charge on any atom is -0.120 e. The molecule has 0 aliphatic heterocycles. The van der Waals surface area contributed by atoms with Crippen molar-refractivity contribution in [2.75, 3.05) is 0 Å². The number of fused-ring (bicyclic) bond motifs is 3. The van der Waals surface area contributed by atoms with Gasteiger partial charge in [0.15, 0.2) is 0 Å². The average molecular weight is 218 g/mol. The van der Waals surface area contributed by atoms with E-state index >= 15 is 0 Å². The van der Waals surface area contributed by atoms with Gasteiger partial charge in [0.05, 0.1) is 0 Å². The molecule has 0 spiro atoms. The summed E-state index contributed by atoms with van der Waals surface area (Å²) in [6.07, 6.45) is 8.23. The molecular formula is C17H14. The van der Waals surface area contributed by atoms with Gasteiger partial charge in [0.1, 0.15) is 0 Å². The summed E-state index contributed by atoms with van der Waals surface area (Å²) in [4.78, 5) is 0. The van der Waals surface area contributed by atoms with Gasteiger partial charge in [-0.15, -0.1) is 12.3 Å². The van der Waals surface area contributed by atoms with Gasteiger partial charge < -0.3 is 0 Å². The molecule has 0 nitrogen and oxygen atoms in total. The van der Waals surface area contributed by atoms with Crippen molar-refractivity contribution in [2.24, 2.45) is 0 Å². The van der Waals surface area contributed by atoms with Crippen LogP contribution in [0.25, 0.3) is 11.1 Å². The van der Waals surface area contributed by atoms with Gasteiger partial charge in [-0.2, -0.15) is 0 Å². The summed E-state index contributed by atoms with van der Waals surface area (Å²) >= 11 is 0. The molecule has 0 bridgehead atoms. The summed E-state index contributed by atoms with van der Waals surface area (Å²) in [7, 11) is 0. The molecule has 1 aliphatic carbocycles. The third-order valence-electron chi connectivity index (χ3n) is 3.44. The van der Waals surface area contributed by atoms with Crippen molar-refractivity contribution >= 4 is 0 Å². The van der Waals surface area contributed by atoms with Crippen LogP contribution in [0.3, 0.4) is 0 Å². The lowest BCUT2D eigenvalue weighted by atomic mass is 9.96. The van der Waals surface area contributed by atoms with Crippen LogP contribution in [0.4, 0.5) is 0 Å². The quantitative estimate of drug-likeness (QED) is 0.573. The van der Waals surface area contributed by atoms with E-state index in [1.54, 1.807) is 0 Å². The minimum atomic E-state index is 0.818. The van der Waals surface area contributed by atoms with E-state index in [2.05, 4.69) is 48.4 Å². The van der Waals surface area contributed by atoms with Crippen molar-refractivity contribution < 1.29 is 0 Å². The molecule has 1 aliphatic rings. The summed E-state index contributed by atoms with van der Waals surface area (Å²) in [5, 5.41) is 0. The highest BCUT2D eigenvalue weighted by Gasteiger charge is 2.19. The number of rotatable bonds is 2. The number of aryl methyl sites for hydroxylation is 1. The van der Waals surface area contributed by atoms with Crippen LogP contribution in [0.5, 0.6) is 0 Å². The van der Waals surface area contributed by atoms with Crippen molar-refractivity contribution in [1.29, 1.82) is 0 Å². The normalized spacial score (nSPS) is 11.7. The van der Waals surface area contributed by atoms with Crippen LogP contribution >= 0.6 is 0 Å². The molecule has 0 saturated carbocycles. The number of hydrogen-bond acceptors (Lipinski definition) is 0. The Morgan fingerprint density at radius 3 is 2.71 bits per heavy atom. The van der Waals surface area contributed by atoms with Gasteiger partial charge in [-0.3, -0.25) is 0 Å². The SMILES string of the molecule is C#CCCc1cccc2c1-c1ccccc1C2. The second-order valence-corrected chi connectivity index (χ2v) is 4.49. The molecule has 0 unspecified atom stereocenters. The van der Waals surface area contributed by atoms with Crippen LogP contribution in [-0.4, -0.2) is 0 Å². The van der Waals surface area contributed by atoms with Gasteiger partial charge in [0.25, 0.3) is 0 Å². The third kappa shape index (κ3) is 1.65. The molecule has 0 saturated heterocycles. The minimum absolute atomic E-state index is 0.818. The molecule has 0 aromatic heterocycles. The molecule has 0 atom stereocenters. The van der Waals surface area contributed by atoms with Crippen molar-refractivity contribution in [3.05, 3.63) is 59.2 Å². The fourth-order valence-corrected chi connectivity index (χ4v) is 2.69. The summed E-state index contributed by atoms with van der Waals surface area (Å²) in [5.74, 6) is 2.73. The van der Waals surface area contributed by atoms with Gasteiger partial charge in [-0.05, 0) is 40.7 Å². The fourth-order valence-electron chi connectivity index (χ4n) is 2.69. The van der Waals surface area contributed by atoms with Crippen LogP contribution in [0.1, 0.15) is 23.1 Å². The first-order valence-corrected chi connectivity index (χ1v) is 6.02. The Hall–Kier alpha value is -2.00. The summed E-state index contributed by atoms with van der Waals surface area (Å²) < 4.78 is 0. The Balaban J connectivity index is 2.13. The first-order chi connectivity index (χ1) is 8.40. The van der Waals surface area contributed by atoms with Crippen LogP contribution in [0.15, 0.2) is 42.5 Å². The smallest absolute Gasteiger partial charge is 0.0127 e. The Bertz CT molecular complexity index is 600. The van der Waals surface area contributed by atoms with E-state index in [1.807, 2.05) is 0 Å². The van der Waals surface area contributed by atoms with E-state index in [-0.39, 0.29) is 0 Å². The molecule has 0 N–H and O–H groups in total. The van der Waals surface area contributed by atoms with Crippen molar-refractivity contribution in [1.82, 2.24) is 0 Å². The predicted octanol–water partition coefficient (Wildman–Crippen LogP) is 3.82. The van der Waals surface area contributed by atoms with Gasteiger partial charge in [-0.25, -0.2) is 0 Å². The Kier molecular flexibility index (Phi) is 2.46. The number of benzene rings is 2. The monoisotopic (exact) mass is 218 g/mol. The zero-order chi connectivity index (χ0) is 11.7. The highest BCUT2D eigenvalue weighted by molar-refractivity contribution is 5.79. The maximum atomic E-state index is 5.37. The highest BCUT2D eigenvalue weighted by atomic mass is 14.2. The fraction of sp³-hybridized carbons (Fsp3) is 0.176. The van der Waals surface area contributed by atoms with E-state index in [4.69, 9.17) is 6.42 Å². The van der Waals surface area contributed by atoms with Gasteiger partial charge in [0.2, 0.25) is 0 Å².